The highest BCUT2D eigenvalue weighted by Crippen LogP contribution is 2.54. The molecule has 1 aromatic carbocycles. The highest BCUT2D eigenvalue weighted by molar-refractivity contribution is 5.79. The fourth-order valence-corrected chi connectivity index (χ4v) is 2.34. The molecule has 0 aromatic heterocycles. The van der Waals surface area contributed by atoms with Crippen LogP contribution in [-0.2, 0) is 0 Å². The van der Waals surface area contributed by atoms with Gasteiger partial charge in [-0.3, -0.25) is 4.99 Å². The van der Waals surface area contributed by atoms with E-state index in [-0.39, 0.29) is 0 Å². The van der Waals surface area contributed by atoms with Crippen LogP contribution < -0.4 is 0 Å². The molecule has 2 unspecified atom stereocenters. The summed E-state index contributed by atoms with van der Waals surface area (Å²) in [5.74, 6) is 1.56. The molecule has 0 bridgehead atoms. The van der Waals surface area contributed by atoms with Crippen LogP contribution in [0.25, 0.3) is 0 Å². The average molecular weight is 171 g/mol. The number of nitrogens with zero attached hydrogens (tertiary/aromatic N) is 1. The van der Waals surface area contributed by atoms with Gasteiger partial charge in [-0.05, 0) is 42.9 Å². The van der Waals surface area contributed by atoms with Gasteiger partial charge in [0.1, 0.15) is 0 Å². The van der Waals surface area contributed by atoms with Crippen LogP contribution in [0.5, 0.6) is 0 Å². The first kappa shape index (κ1) is 7.31. The van der Waals surface area contributed by atoms with Gasteiger partial charge in [0, 0.05) is 12.1 Å². The van der Waals surface area contributed by atoms with E-state index in [1.165, 1.54) is 28.8 Å². The van der Waals surface area contributed by atoms with Crippen molar-refractivity contribution < 1.29 is 0 Å². The molecule has 1 aliphatic carbocycles. The molecule has 0 radical (unpaired) electrons. The highest BCUT2D eigenvalue weighted by Gasteiger charge is 2.41. The van der Waals surface area contributed by atoms with Crippen molar-refractivity contribution in [1.29, 1.82) is 0 Å². The molecular formula is C12H13N. The lowest BCUT2D eigenvalue weighted by Crippen LogP contribution is -1.97. The Hall–Kier alpha value is -1.11. The van der Waals surface area contributed by atoms with Gasteiger partial charge < -0.3 is 0 Å². The molecule has 1 aromatic rings. The first-order chi connectivity index (χ1) is 6.27. The summed E-state index contributed by atoms with van der Waals surface area (Å²) in [5.41, 5.74) is 5.51. The number of benzene rings is 1. The van der Waals surface area contributed by atoms with Crippen LogP contribution in [0.4, 0.5) is 5.69 Å². The second-order valence-corrected chi connectivity index (χ2v) is 4.25. The molecule has 1 fully saturated rings. The summed E-state index contributed by atoms with van der Waals surface area (Å²) in [4.78, 5) is 4.55. The van der Waals surface area contributed by atoms with Gasteiger partial charge in [-0.25, -0.2) is 0 Å². The number of aliphatic imine (C=N–C) groups is 1. The molecule has 0 spiro atoms. The Morgan fingerprint density at radius 1 is 1.23 bits per heavy atom. The van der Waals surface area contributed by atoms with Crippen LogP contribution in [0.2, 0.25) is 0 Å². The van der Waals surface area contributed by atoms with Crippen molar-refractivity contribution in [2.75, 3.05) is 0 Å². The second-order valence-electron chi connectivity index (χ2n) is 4.25. The molecule has 2 aliphatic rings. The minimum Gasteiger partial charge on any atom is -0.260 e. The largest absolute Gasteiger partial charge is 0.260 e. The summed E-state index contributed by atoms with van der Waals surface area (Å²) < 4.78 is 0. The Kier molecular flexibility index (Phi) is 1.25. The number of fused-ring (bicyclic) bond motifs is 3. The minimum atomic E-state index is 0.757. The van der Waals surface area contributed by atoms with Crippen LogP contribution >= 0.6 is 0 Å². The predicted molar refractivity (Wildman–Crippen MR) is 54.9 cm³/mol. The maximum Gasteiger partial charge on any atom is 0.0692 e. The number of hydrogen-bond donors (Lipinski definition) is 0. The molecule has 0 amide bonds. The third-order valence-electron chi connectivity index (χ3n) is 3.24. The van der Waals surface area contributed by atoms with E-state index in [1.54, 1.807) is 0 Å². The number of aryl methyl sites for hydroxylation is 2. The van der Waals surface area contributed by atoms with E-state index in [1.807, 2.05) is 0 Å². The van der Waals surface area contributed by atoms with E-state index in [9.17, 15) is 0 Å². The molecule has 1 aliphatic heterocycles. The van der Waals surface area contributed by atoms with Gasteiger partial charge in [-0.2, -0.15) is 0 Å². The van der Waals surface area contributed by atoms with Crippen LogP contribution in [0, 0.1) is 19.8 Å². The fraction of sp³-hybridized carbons (Fsp3) is 0.417. The van der Waals surface area contributed by atoms with Gasteiger partial charge >= 0.3 is 0 Å². The van der Waals surface area contributed by atoms with E-state index in [0.29, 0.717) is 0 Å². The van der Waals surface area contributed by atoms with E-state index >= 15 is 0 Å². The van der Waals surface area contributed by atoms with E-state index in [4.69, 9.17) is 0 Å². The summed E-state index contributed by atoms with van der Waals surface area (Å²) >= 11 is 0. The first-order valence-electron chi connectivity index (χ1n) is 4.91. The lowest BCUT2D eigenvalue weighted by Gasteiger charge is -2.14. The molecule has 1 nitrogen and oxygen atoms in total. The molecule has 66 valence electrons. The topological polar surface area (TPSA) is 12.4 Å². The van der Waals surface area contributed by atoms with Crippen LogP contribution in [0.1, 0.15) is 29.0 Å². The molecule has 3 rings (SSSR count). The number of hydrogen-bond acceptors (Lipinski definition) is 1. The van der Waals surface area contributed by atoms with Crippen molar-refractivity contribution in [2.45, 2.75) is 26.2 Å². The van der Waals surface area contributed by atoms with Gasteiger partial charge in [0.15, 0.2) is 0 Å². The smallest absolute Gasteiger partial charge is 0.0692 e. The second kappa shape index (κ2) is 2.22. The van der Waals surface area contributed by atoms with Gasteiger partial charge in [0.25, 0.3) is 0 Å². The minimum absolute atomic E-state index is 0.757. The predicted octanol–water partition coefficient (Wildman–Crippen LogP) is 3.12. The van der Waals surface area contributed by atoms with Crippen LogP contribution in [-0.4, -0.2) is 6.21 Å². The molecule has 0 N–H and O–H groups in total. The Morgan fingerprint density at radius 2 is 2.00 bits per heavy atom. The lowest BCUT2D eigenvalue weighted by molar-refractivity contribution is 1.01. The average Bonchev–Trinajstić information content (AvgIpc) is 2.89. The monoisotopic (exact) mass is 171 g/mol. The summed E-state index contributed by atoms with van der Waals surface area (Å²) in [5, 5.41) is 0. The van der Waals surface area contributed by atoms with Crippen molar-refractivity contribution >= 4 is 11.9 Å². The van der Waals surface area contributed by atoms with Crippen molar-refractivity contribution in [3.05, 3.63) is 28.8 Å². The molecule has 0 saturated heterocycles. The Morgan fingerprint density at radius 3 is 2.85 bits per heavy atom. The Balaban J connectivity index is 2.30. The SMILES string of the molecule is Cc1ccc(C)c2c1N=CC1CC21. The fourth-order valence-electron chi connectivity index (χ4n) is 2.34. The molecule has 13 heavy (non-hydrogen) atoms. The van der Waals surface area contributed by atoms with Crippen molar-refractivity contribution in [3.63, 3.8) is 0 Å². The quantitative estimate of drug-likeness (QED) is 0.568. The van der Waals surface area contributed by atoms with Crippen LogP contribution in [0.3, 0.4) is 0 Å². The van der Waals surface area contributed by atoms with Crippen molar-refractivity contribution in [2.24, 2.45) is 10.9 Å². The maximum atomic E-state index is 4.55. The summed E-state index contributed by atoms with van der Waals surface area (Å²) in [6.07, 6.45) is 3.46. The van der Waals surface area contributed by atoms with E-state index < -0.39 is 0 Å². The Bertz CT molecular complexity index is 404. The van der Waals surface area contributed by atoms with Gasteiger partial charge in [0.05, 0.1) is 5.69 Å². The first-order valence-corrected chi connectivity index (χ1v) is 4.91. The molecule has 2 atom stereocenters. The maximum absolute atomic E-state index is 4.55. The van der Waals surface area contributed by atoms with E-state index in [0.717, 1.165) is 11.8 Å². The van der Waals surface area contributed by atoms with E-state index in [2.05, 4.69) is 37.2 Å². The van der Waals surface area contributed by atoms with Gasteiger partial charge in [0.2, 0.25) is 0 Å². The summed E-state index contributed by atoms with van der Waals surface area (Å²) in [7, 11) is 0. The lowest BCUT2D eigenvalue weighted by atomic mass is 9.96. The molecular weight excluding hydrogens is 158 g/mol. The summed E-state index contributed by atoms with van der Waals surface area (Å²) in [6, 6.07) is 4.40. The molecule has 1 heterocycles. The molecule has 1 heteroatoms. The normalized spacial score (nSPS) is 28.2. The zero-order valence-electron chi connectivity index (χ0n) is 8.04. The van der Waals surface area contributed by atoms with Crippen molar-refractivity contribution in [3.8, 4) is 0 Å². The van der Waals surface area contributed by atoms with Gasteiger partial charge in [-0.15, -0.1) is 0 Å². The standard InChI is InChI=1S/C12H13N/c1-7-3-4-8(2)12-11(7)10-5-9(10)6-13-12/h3-4,6,9-10H,5H2,1-2H3. The zero-order valence-corrected chi connectivity index (χ0v) is 8.04. The van der Waals surface area contributed by atoms with Crippen LogP contribution in [0.15, 0.2) is 17.1 Å². The third kappa shape index (κ3) is 0.902. The molecule has 1 saturated carbocycles. The highest BCUT2D eigenvalue weighted by atomic mass is 14.8. The number of rotatable bonds is 0. The third-order valence-corrected chi connectivity index (χ3v) is 3.24. The van der Waals surface area contributed by atoms with Crippen molar-refractivity contribution in [1.82, 2.24) is 0 Å². The summed E-state index contributed by atoms with van der Waals surface area (Å²) in [6.45, 7) is 4.35. The Labute approximate surface area is 78.5 Å². The van der Waals surface area contributed by atoms with Gasteiger partial charge in [-0.1, -0.05) is 12.1 Å². The zero-order chi connectivity index (χ0) is 9.00.